The Bertz CT molecular complexity index is 400. The largest absolute Gasteiger partial charge is 0.326 e. The van der Waals surface area contributed by atoms with Crippen molar-refractivity contribution in [3.8, 4) is 0 Å². The molecule has 0 fully saturated rings. The smallest absolute Gasteiger partial charge is 0.252 e. The van der Waals surface area contributed by atoms with Crippen LogP contribution in [0.2, 0.25) is 0 Å². The Balaban J connectivity index is 2.46. The Morgan fingerprint density at radius 3 is 3.14 bits per heavy atom. The summed E-state index contributed by atoms with van der Waals surface area (Å²) in [6, 6.07) is 2.01. The summed E-state index contributed by atoms with van der Waals surface area (Å²) in [5.74, 6) is 0. The third-order valence-electron chi connectivity index (χ3n) is 2.62. The highest BCUT2D eigenvalue weighted by Gasteiger charge is 2.15. The SMILES string of the molecule is CN1CCc2[nH]c(=O)c(CBr)cc2C1. The van der Waals surface area contributed by atoms with Crippen LogP contribution in [0.1, 0.15) is 16.8 Å². The number of pyridine rings is 1. The van der Waals surface area contributed by atoms with Gasteiger partial charge in [0.15, 0.2) is 0 Å². The number of hydrogen-bond donors (Lipinski definition) is 1. The van der Waals surface area contributed by atoms with Gasteiger partial charge in [0.25, 0.3) is 5.56 Å². The first-order chi connectivity index (χ1) is 6.70. The molecule has 0 unspecified atom stereocenters. The summed E-state index contributed by atoms with van der Waals surface area (Å²) in [5.41, 5.74) is 3.23. The second-order valence-corrected chi connectivity index (χ2v) is 4.31. The molecular weight excluding hydrogens is 244 g/mol. The van der Waals surface area contributed by atoms with Gasteiger partial charge in [-0.05, 0) is 18.7 Å². The number of likely N-dealkylation sites (N-methyl/N-ethyl adjacent to an activating group) is 1. The van der Waals surface area contributed by atoms with Crippen LogP contribution in [0.25, 0.3) is 0 Å². The van der Waals surface area contributed by atoms with Crippen LogP contribution in [0.5, 0.6) is 0 Å². The number of fused-ring (bicyclic) bond motifs is 1. The summed E-state index contributed by atoms with van der Waals surface area (Å²) in [7, 11) is 2.10. The highest BCUT2D eigenvalue weighted by atomic mass is 79.9. The first kappa shape index (κ1) is 9.93. The molecule has 0 aliphatic carbocycles. The molecular formula is C10H13BrN2O. The van der Waals surface area contributed by atoms with Gasteiger partial charge in [-0.1, -0.05) is 15.9 Å². The van der Waals surface area contributed by atoms with Crippen molar-refractivity contribution in [1.82, 2.24) is 9.88 Å². The molecule has 0 spiro atoms. The van der Waals surface area contributed by atoms with E-state index in [2.05, 4.69) is 32.9 Å². The minimum Gasteiger partial charge on any atom is -0.326 e. The van der Waals surface area contributed by atoms with Crippen molar-refractivity contribution in [2.75, 3.05) is 13.6 Å². The van der Waals surface area contributed by atoms with Crippen LogP contribution < -0.4 is 5.56 Å². The number of nitrogens with one attached hydrogen (secondary N) is 1. The van der Waals surface area contributed by atoms with E-state index in [9.17, 15) is 4.79 Å². The second-order valence-electron chi connectivity index (χ2n) is 3.75. The average molecular weight is 257 g/mol. The summed E-state index contributed by atoms with van der Waals surface area (Å²) in [6.07, 6.45) is 0.948. The molecule has 1 aliphatic heterocycles. The molecule has 0 amide bonds. The van der Waals surface area contributed by atoms with Crippen LogP contribution in [0, 0.1) is 0 Å². The number of aromatic amines is 1. The molecule has 1 N–H and O–H groups in total. The van der Waals surface area contributed by atoms with E-state index in [1.165, 1.54) is 5.56 Å². The minimum atomic E-state index is 0.0465. The summed E-state index contributed by atoms with van der Waals surface area (Å²) in [4.78, 5) is 16.7. The zero-order valence-corrected chi connectivity index (χ0v) is 9.73. The van der Waals surface area contributed by atoms with Gasteiger partial charge in [0.2, 0.25) is 0 Å². The number of rotatable bonds is 1. The fraction of sp³-hybridized carbons (Fsp3) is 0.500. The Morgan fingerprint density at radius 1 is 1.64 bits per heavy atom. The zero-order chi connectivity index (χ0) is 10.1. The Morgan fingerprint density at radius 2 is 2.43 bits per heavy atom. The molecule has 1 aromatic heterocycles. The van der Waals surface area contributed by atoms with Gasteiger partial charge in [0.05, 0.1) is 0 Å². The predicted octanol–water partition coefficient (Wildman–Crippen LogP) is 1.26. The molecule has 0 atom stereocenters. The topological polar surface area (TPSA) is 36.1 Å². The lowest BCUT2D eigenvalue weighted by atomic mass is 10.0. The van der Waals surface area contributed by atoms with Crippen LogP contribution in [-0.2, 0) is 18.3 Å². The second kappa shape index (κ2) is 3.87. The summed E-state index contributed by atoms with van der Waals surface area (Å²) in [5, 5.41) is 0.624. The third-order valence-corrected chi connectivity index (χ3v) is 3.22. The van der Waals surface area contributed by atoms with Gasteiger partial charge in [-0.3, -0.25) is 4.79 Å². The number of aromatic nitrogens is 1. The number of nitrogens with zero attached hydrogens (tertiary/aromatic N) is 1. The highest BCUT2D eigenvalue weighted by Crippen LogP contribution is 2.15. The van der Waals surface area contributed by atoms with Crippen molar-refractivity contribution in [3.63, 3.8) is 0 Å². The van der Waals surface area contributed by atoms with E-state index in [-0.39, 0.29) is 5.56 Å². The molecule has 0 bridgehead atoms. The van der Waals surface area contributed by atoms with Gasteiger partial charge in [-0.15, -0.1) is 0 Å². The van der Waals surface area contributed by atoms with E-state index < -0.39 is 0 Å². The van der Waals surface area contributed by atoms with Crippen molar-refractivity contribution in [2.24, 2.45) is 0 Å². The van der Waals surface area contributed by atoms with Crippen molar-refractivity contribution >= 4 is 15.9 Å². The fourth-order valence-corrected chi connectivity index (χ4v) is 2.21. The minimum absolute atomic E-state index is 0.0465. The molecule has 0 saturated heterocycles. The molecule has 3 nitrogen and oxygen atoms in total. The molecule has 1 aliphatic rings. The molecule has 0 radical (unpaired) electrons. The first-order valence-corrected chi connectivity index (χ1v) is 5.81. The average Bonchev–Trinajstić information content (AvgIpc) is 2.17. The lowest BCUT2D eigenvalue weighted by Crippen LogP contribution is -2.30. The van der Waals surface area contributed by atoms with E-state index in [1.807, 2.05) is 6.07 Å². The van der Waals surface area contributed by atoms with Crippen LogP contribution in [0.4, 0.5) is 0 Å². The Kier molecular flexibility index (Phi) is 2.74. The maximum atomic E-state index is 11.5. The summed E-state index contributed by atoms with van der Waals surface area (Å²) < 4.78 is 0. The van der Waals surface area contributed by atoms with Crippen molar-refractivity contribution in [1.29, 1.82) is 0 Å². The lowest BCUT2D eigenvalue weighted by molar-refractivity contribution is 0.309. The van der Waals surface area contributed by atoms with Crippen LogP contribution in [0.15, 0.2) is 10.9 Å². The van der Waals surface area contributed by atoms with E-state index in [0.717, 1.165) is 30.8 Å². The van der Waals surface area contributed by atoms with Gasteiger partial charge in [0.1, 0.15) is 0 Å². The quantitative estimate of drug-likeness (QED) is 0.769. The van der Waals surface area contributed by atoms with Crippen LogP contribution >= 0.6 is 15.9 Å². The monoisotopic (exact) mass is 256 g/mol. The van der Waals surface area contributed by atoms with Gasteiger partial charge < -0.3 is 9.88 Å². The van der Waals surface area contributed by atoms with Gasteiger partial charge >= 0.3 is 0 Å². The molecule has 2 heterocycles. The van der Waals surface area contributed by atoms with Gasteiger partial charge in [-0.25, -0.2) is 0 Å². The van der Waals surface area contributed by atoms with E-state index in [0.29, 0.717) is 5.33 Å². The van der Waals surface area contributed by atoms with E-state index in [1.54, 1.807) is 0 Å². The Hall–Kier alpha value is -0.610. The molecule has 1 aromatic rings. The molecule has 2 rings (SSSR count). The van der Waals surface area contributed by atoms with Crippen LogP contribution in [0.3, 0.4) is 0 Å². The molecule has 0 saturated carbocycles. The van der Waals surface area contributed by atoms with Crippen molar-refractivity contribution in [2.45, 2.75) is 18.3 Å². The predicted molar refractivity (Wildman–Crippen MR) is 59.7 cm³/mol. The number of H-pyrrole nitrogens is 1. The number of alkyl halides is 1. The van der Waals surface area contributed by atoms with Crippen molar-refractivity contribution in [3.05, 3.63) is 33.2 Å². The molecule has 0 aromatic carbocycles. The standard InChI is InChI=1S/C10H13BrN2O/c1-13-3-2-9-8(6-13)4-7(5-11)10(14)12-9/h4H,2-3,5-6H2,1H3,(H,12,14). The lowest BCUT2D eigenvalue weighted by Gasteiger charge is -2.24. The van der Waals surface area contributed by atoms with Crippen LogP contribution in [-0.4, -0.2) is 23.5 Å². The van der Waals surface area contributed by atoms with Gasteiger partial charge in [0, 0.05) is 36.1 Å². The molecule has 76 valence electrons. The summed E-state index contributed by atoms with van der Waals surface area (Å²) >= 11 is 3.32. The maximum absolute atomic E-state index is 11.5. The fourth-order valence-electron chi connectivity index (χ4n) is 1.80. The van der Waals surface area contributed by atoms with E-state index in [4.69, 9.17) is 0 Å². The highest BCUT2D eigenvalue weighted by molar-refractivity contribution is 9.08. The van der Waals surface area contributed by atoms with Crippen molar-refractivity contribution < 1.29 is 0 Å². The molecule has 14 heavy (non-hydrogen) atoms. The number of halogens is 1. The third kappa shape index (κ3) is 1.77. The van der Waals surface area contributed by atoms with Gasteiger partial charge in [-0.2, -0.15) is 0 Å². The Labute approximate surface area is 91.3 Å². The zero-order valence-electron chi connectivity index (χ0n) is 8.14. The summed E-state index contributed by atoms with van der Waals surface area (Å²) in [6.45, 7) is 1.96. The van der Waals surface area contributed by atoms with E-state index >= 15 is 0 Å². The maximum Gasteiger partial charge on any atom is 0.252 e. The normalized spacial score (nSPS) is 16.7. The first-order valence-electron chi connectivity index (χ1n) is 4.69. The number of hydrogen-bond acceptors (Lipinski definition) is 2. The molecule has 4 heteroatoms.